The molecule has 0 bridgehead atoms. The predicted molar refractivity (Wildman–Crippen MR) is 182 cm³/mol. The zero-order chi connectivity index (χ0) is 36.5. The molecule has 1 heterocycles. The number of rotatable bonds is 11. The fraction of sp³-hybridized carbons (Fsp3) is 0.618. The van der Waals surface area contributed by atoms with Gasteiger partial charge in [-0.25, -0.2) is 18.0 Å². The van der Waals surface area contributed by atoms with E-state index < -0.39 is 85.8 Å². The molecule has 5 atom stereocenters. The lowest BCUT2D eigenvalue weighted by Gasteiger charge is -2.36. The Morgan fingerprint density at radius 3 is 2.27 bits per heavy atom. The van der Waals surface area contributed by atoms with Crippen molar-refractivity contribution in [3.63, 3.8) is 0 Å². The van der Waals surface area contributed by atoms with Crippen LogP contribution in [0.5, 0.6) is 0 Å². The van der Waals surface area contributed by atoms with E-state index in [1.165, 1.54) is 11.0 Å². The summed E-state index contributed by atoms with van der Waals surface area (Å²) in [5, 5.41) is 7.41. The summed E-state index contributed by atoms with van der Waals surface area (Å²) in [5.41, 5.74) is -1.84. The van der Waals surface area contributed by atoms with Crippen molar-refractivity contribution in [2.24, 2.45) is 11.3 Å². The van der Waals surface area contributed by atoms with E-state index >= 15 is 0 Å². The number of hydrogen-bond acceptors (Lipinski definition) is 9. The number of para-hydroxylation sites is 1. The molecular weight excluding hydrogens is 654 g/mol. The highest BCUT2D eigenvalue weighted by Gasteiger charge is 2.62. The normalized spacial score (nSPS) is 24.2. The molecule has 270 valence electrons. The first-order chi connectivity index (χ1) is 22.7. The number of nitrogens with one attached hydrogen (secondary N) is 4. The lowest BCUT2D eigenvalue weighted by molar-refractivity contribution is -0.143. The number of anilines is 1. The number of carbonyl (C=O) groups excluding carboxylic acids is 5. The number of benzene rings is 1. The van der Waals surface area contributed by atoms with Crippen LogP contribution in [0.2, 0.25) is 0 Å². The van der Waals surface area contributed by atoms with Crippen LogP contribution in [0.25, 0.3) is 0 Å². The number of hydrogen-bond donors (Lipinski definition) is 4. The summed E-state index contributed by atoms with van der Waals surface area (Å²) in [7, 11) is -3.91. The molecular formula is C34H49N5O9S. The van der Waals surface area contributed by atoms with Crippen LogP contribution in [0.4, 0.5) is 15.3 Å². The van der Waals surface area contributed by atoms with Crippen LogP contribution in [-0.4, -0.2) is 84.3 Å². The first-order valence-electron chi connectivity index (χ1n) is 16.6. The van der Waals surface area contributed by atoms with Gasteiger partial charge in [0.05, 0.1) is 11.8 Å². The molecule has 0 aromatic heterocycles. The molecule has 15 heteroatoms. The first-order valence-corrected chi connectivity index (χ1v) is 18.1. The predicted octanol–water partition coefficient (Wildman–Crippen LogP) is 3.38. The fourth-order valence-corrected chi connectivity index (χ4v) is 7.24. The van der Waals surface area contributed by atoms with Gasteiger partial charge in [-0.2, -0.15) is 0 Å². The van der Waals surface area contributed by atoms with Crippen LogP contribution in [0.15, 0.2) is 36.9 Å². The topological polar surface area (TPSA) is 189 Å². The van der Waals surface area contributed by atoms with Crippen molar-refractivity contribution in [3.05, 3.63) is 42.5 Å². The van der Waals surface area contributed by atoms with Gasteiger partial charge in [0, 0.05) is 18.0 Å². The Hall–Kier alpha value is -4.14. The molecule has 3 fully saturated rings. The van der Waals surface area contributed by atoms with Gasteiger partial charge in [0.25, 0.3) is 5.91 Å². The lowest BCUT2D eigenvalue weighted by Crippen LogP contribution is -2.60. The van der Waals surface area contributed by atoms with Gasteiger partial charge < -0.3 is 25.0 Å². The van der Waals surface area contributed by atoms with Crippen molar-refractivity contribution in [3.8, 4) is 0 Å². The van der Waals surface area contributed by atoms with Crippen molar-refractivity contribution in [1.29, 1.82) is 0 Å². The third kappa shape index (κ3) is 9.11. The zero-order valence-electron chi connectivity index (χ0n) is 29.3. The molecule has 2 aliphatic carbocycles. The van der Waals surface area contributed by atoms with E-state index in [9.17, 15) is 32.4 Å². The van der Waals surface area contributed by atoms with Gasteiger partial charge in [0.2, 0.25) is 21.8 Å². The van der Waals surface area contributed by atoms with E-state index in [0.717, 1.165) is 5.56 Å². The van der Waals surface area contributed by atoms with Crippen molar-refractivity contribution >= 4 is 45.6 Å². The van der Waals surface area contributed by atoms with Crippen LogP contribution in [0.1, 0.15) is 79.7 Å². The van der Waals surface area contributed by atoms with Crippen molar-refractivity contribution in [1.82, 2.24) is 20.3 Å². The average molecular weight is 704 g/mol. The largest absolute Gasteiger partial charge is 0.444 e. The minimum atomic E-state index is -3.91. The molecule has 0 radical (unpaired) electrons. The Balaban J connectivity index is 1.59. The molecule has 3 aliphatic rings. The molecule has 2 saturated carbocycles. The van der Waals surface area contributed by atoms with Crippen LogP contribution in [0.3, 0.4) is 0 Å². The Morgan fingerprint density at radius 1 is 1.06 bits per heavy atom. The summed E-state index contributed by atoms with van der Waals surface area (Å²) in [6.45, 7) is 15.7. The summed E-state index contributed by atoms with van der Waals surface area (Å²) in [6.07, 6.45) is 0.437. The molecule has 5 amide bonds. The Labute approximate surface area is 288 Å². The molecule has 49 heavy (non-hydrogen) atoms. The first kappa shape index (κ1) is 37.7. The zero-order valence-corrected chi connectivity index (χ0v) is 30.1. The highest BCUT2D eigenvalue weighted by molar-refractivity contribution is 7.91. The standard InChI is InChI=1S/C34H49N5O9S/c1-9-20-13-11-12-14-24(20)35-30(43)47-22-17-25(39(19-22)28(41)26(32(3,4)5)36-31(44)48-33(6,7)8)27(40)37-34(18-21(34)10-2)29(42)38-49(45,46)23-15-16-23/h10-14,21-23,25-26H,2,9,15-19H2,1,3-8H3,(H,35,43)(H,36,44)(H,37,40)(H,38,42)/t21?,22-,25+,26-,34?/m1/s1. The minimum absolute atomic E-state index is 0.110. The number of likely N-dealkylation sites (tertiary alicyclic amines) is 1. The summed E-state index contributed by atoms with van der Waals surface area (Å²) in [6, 6.07) is 4.81. The van der Waals surface area contributed by atoms with Gasteiger partial charge >= 0.3 is 12.2 Å². The minimum Gasteiger partial charge on any atom is -0.444 e. The third-order valence-electron chi connectivity index (χ3n) is 8.78. The van der Waals surface area contributed by atoms with Crippen LogP contribution >= 0.6 is 0 Å². The maximum absolute atomic E-state index is 14.3. The van der Waals surface area contributed by atoms with E-state index in [1.807, 2.05) is 19.1 Å². The third-order valence-corrected chi connectivity index (χ3v) is 10.6. The number of ether oxygens (including phenoxy) is 2. The molecule has 1 aliphatic heterocycles. The van der Waals surface area contributed by atoms with Crippen molar-refractivity contribution < 1.29 is 41.9 Å². The van der Waals surface area contributed by atoms with Gasteiger partial charge in [-0.05, 0) is 63.5 Å². The summed E-state index contributed by atoms with van der Waals surface area (Å²) >= 11 is 0. The molecule has 1 aromatic carbocycles. The fourth-order valence-electron chi connectivity index (χ4n) is 5.88. The van der Waals surface area contributed by atoms with Gasteiger partial charge in [0.15, 0.2) is 0 Å². The highest BCUT2D eigenvalue weighted by Crippen LogP contribution is 2.45. The smallest absolute Gasteiger partial charge is 0.411 e. The molecule has 14 nitrogen and oxygen atoms in total. The molecule has 4 N–H and O–H groups in total. The SMILES string of the molecule is C=CC1CC1(NC(=O)[C@@H]1C[C@@H](OC(=O)Nc2ccccc2CC)CN1C(=O)[C@@H](NC(=O)OC(C)(C)C)C(C)(C)C)C(=O)NS(=O)(=O)C1CC1. The Morgan fingerprint density at radius 2 is 1.71 bits per heavy atom. The van der Waals surface area contributed by atoms with E-state index in [4.69, 9.17) is 9.47 Å². The average Bonchev–Trinajstić information content (AvgIpc) is 3.91. The number of alkyl carbamates (subject to hydrolysis) is 1. The van der Waals surface area contributed by atoms with Gasteiger partial charge in [-0.15, -0.1) is 6.58 Å². The van der Waals surface area contributed by atoms with Gasteiger partial charge in [-0.3, -0.25) is 24.4 Å². The summed E-state index contributed by atoms with van der Waals surface area (Å²) in [5.74, 6) is -2.81. The van der Waals surface area contributed by atoms with Gasteiger partial charge in [0.1, 0.15) is 29.3 Å². The second kappa shape index (κ2) is 14.0. The van der Waals surface area contributed by atoms with Crippen LogP contribution in [-0.2, 0) is 40.3 Å². The lowest BCUT2D eigenvalue weighted by atomic mass is 9.85. The number of aryl methyl sites for hydroxylation is 1. The number of sulfonamides is 1. The van der Waals surface area contributed by atoms with Crippen LogP contribution < -0.4 is 20.7 Å². The number of amides is 5. The van der Waals surface area contributed by atoms with Crippen LogP contribution in [0, 0.1) is 11.3 Å². The van der Waals surface area contributed by atoms with E-state index in [2.05, 4.69) is 27.3 Å². The van der Waals surface area contributed by atoms with E-state index in [0.29, 0.717) is 24.9 Å². The molecule has 1 aromatic rings. The molecule has 1 saturated heterocycles. The highest BCUT2D eigenvalue weighted by atomic mass is 32.2. The summed E-state index contributed by atoms with van der Waals surface area (Å²) < 4.78 is 38.4. The Kier molecular flexibility index (Phi) is 10.8. The molecule has 4 rings (SSSR count). The Bertz CT molecular complexity index is 1600. The number of carbonyl (C=O) groups is 5. The van der Waals surface area contributed by atoms with Crippen molar-refractivity contribution in [2.45, 2.75) is 115 Å². The maximum Gasteiger partial charge on any atom is 0.411 e. The van der Waals surface area contributed by atoms with Gasteiger partial charge in [-0.1, -0.05) is 52.0 Å². The van der Waals surface area contributed by atoms with E-state index in [-0.39, 0.29) is 19.4 Å². The quantitative estimate of drug-likeness (QED) is 0.251. The second-order valence-electron chi connectivity index (χ2n) is 15.0. The monoisotopic (exact) mass is 703 g/mol. The van der Waals surface area contributed by atoms with E-state index in [1.54, 1.807) is 53.7 Å². The second-order valence-corrected chi connectivity index (χ2v) is 17.0. The maximum atomic E-state index is 14.3. The number of nitrogens with zero attached hydrogens (tertiary/aromatic N) is 1. The molecule has 0 spiro atoms. The molecule has 2 unspecified atom stereocenters. The summed E-state index contributed by atoms with van der Waals surface area (Å²) in [4.78, 5) is 68.7. The van der Waals surface area contributed by atoms with Crippen molar-refractivity contribution in [2.75, 3.05) is 11.9 Å².